The Bertz CT molecular complexity index is 287. The van der Waals surface area contributed by atoms with Gasteiger partial charge in [0, 0.05) is 12.1 Å². The second-order valence-electron chi connectivity index (χ2n) is 6.80. The van der Waals surface area contributed by atoms with Crippen LogP contribution in [0.2, 0.25) is 0 Å². The molecular weight excluding hydrogens is 252 g/mol. The molecule has 1 rings (SSSR count). The number of carbonyl (C=O) groups excluding carboxylic acids is 1. The summed E-state index contributed by atoms with van der Waals surface area (Å²) in [6.45, 7) is 8.93. The van der Waals surface area contributed by atoms with Crippen LogP contribution in [0.3, 0.4) is 0 Å². The molecule has 20 heavy (non-hydrogen) atoms. The molecule has 1 aliphatic rings. The second kappa shape index (κ2) is 8.50. The van der Waals surface area contributed by atoms with Crippen molar-refractivity contribution in [1.82, 2.24) is 10.6 Å². The molecule has 2 unspecified atom stereocenters. The summed E-state index contributed by atoms with van der Waals surface area (Å²) in [6.07, 6.45) is 7.99. The van der Waals surface area contributed by atoms with Crippen LogP contribution in [-0.2, 0) is 4.74 Å². The van der Waals surface area contributed by atoms with E-state index in [4.69, 9.17) is 4.74 Å². The number of amides is 1. The van der Waals surface area contributed by atoms with Crippen LogP contribution in [0.1, 0.15) is 72.6 Å². The van der Waals surface area contributed by atoms with E-state index in [1.54, 1.807) is 0 Å². The van der Waals surface area contributed by atoms with E-state index in [2.05, 4.69) is 17.6 Å². The Kier molecular flexibility index (Phi) is 7.35. The molecule has 4 nitrogen and oxygen atoms in total. The normalized spacial score (nSPS) is 24.0. The quantitative estimate of drug-likeness (QED) is 0.599. The molecule has 0 aromatic carbocycles. The van der Waals surface area contributed by atoms with Crippen LogP contribution >= 0.6 is 0 Å². The van der Waals surface area contributed by atoms with E-state index in [0.29, 0.717) is 6.04 Å². The molecule has 0 aromatic heterocycles. The van der Waals surface area contributed by atoms with E-state index >= 15 is 0 Å². The summed E-state index contributed by atoms with van der Waals surface area (Å²) in [4.78, 5) is 12.0. The Balaban J connectivity index is 2.49. The molecule has 0 aromatic rings. The molecule has 118 valence electrons. The zero-order valence-electron chi connectivity index (χ0n) is 13.6. The Morgan fingerprint density at radius 1 is 1.15 bits per heavy atom. The van der Waals surface area contributed by atoms with Crippen LogP contribution in [0.25, 0.3) is 0 Å². The summed E-state index contributed by atoms with van der Waals surface area (Å²) in [5.41, 5.74) is -0.431. The molecule has 1 fully saturated rings. The third-order valence-corrected chi connectivity index (χ3v) is 3.65. The second-order valence-corrected chi connectivity index (χ2v) is 6.80. The van der Waals surface area contributed by atoms with Crippen molar-refractivity contribution in [2.45, 2.75) is 90.3 Å². The maximum Gasteiger partial charge on any atom is 0.407 e. The fourth-order valence-electron chi connectivity index (χ4n) is 2.65. The molecule has 1 amide bonds. The third kappa shape index (κ3) is 7.13. The number of hydrogen-bond donors (Lipinski definition) is 2. The fraction of sp³-hybridized carbons (Fsp3) is 0.938. The van der Waals surface area contributed by atoms with Gasteiger partial charge in [-0.1, -0.05) is 32.6 Å². The molecule has 2 N–H and O–H groups in total. The molecule has 0 heterocycles. The SMILES string of the molecule is CCCCNC1CCCCCC1NC(=O)OC(C)(C)C. The zero-order chi connectivity index (χ0) is 15.0. The van der Waals surface area contributed by atoms with Crippen LogP contribution in [0.5, 0.6) is 0 Å². The van der Waals surface area contributed by atoms with E-state index in [9.17, 15) is 4.79 Å². The van der Waals surface area contributed by atoms with Gasteiger partial charge in [-0.25, -0.2) is 4.79 Å². The van der Waals surface area contributed by atoms with Gasteiger partial charge in [0.1, 0.15) is 5.60 Å². The summed E-state index contributed by atoms with van der Waals surface area (Å²) >= 11 is 0. The molecule has 0 radical (unpaired) electrons. The van der Waals surface area contributed by atoms with Gasteiger partial charge in [0.15, 0.2) is 0 Å². The van der Waals surface area contributed by atoms with Crippen LogP contribution < -0.4 is 10.6 Å². The predicted molar refractivity (Wildman–Crippen MR) is 82.9 cm³/mol. The van der Waals surface area contributed by atoms with Gasteiger partial charge in [-0.05, 0) is 46.6 Å². The first-order valence-electron chi connectivity index (χ1n) is 8.15. The molecule has 1 aliphatic carbocycles. The van der Waals surface area contributed by atoms with E-state index in [0.717, 1.165) is 19.4 Å². The van der Waals surface area contributed by atoms with Crippen molar-refractivity contribution >= 4 is 6.09 Å². The van der Waals surface area contributed by atoms with Crippen molar-refractivity contribution in [3.63, 3.8) is 0 Å². The minimum absolute atomic E-state index is 0.198. The smallest absolute Gasteiger partial charge is 0.407 e. The fourth-order valence-corrected chi connectivity index (χ4v) is 2.65. The zero-order valence-corrected chi connectivity index (χ0v) is 13.6. The monoisotopic (exact) mass is 284 g/mol. The van der Waals surface area contributed by atoms with Crippen molar-refractivity contribution in [3.05, 3.63) is 0 Å². The van der Waals surface area contributed by atoms with Gasteiger partial charge in [0.2, 0.25) is 0 Å². The van der Waals surface area contributed by atoms with Gasteiger partial charge in [0.05, 0.1) is 0 Å². The summed E-state index contributed by atoms with van der Waals surface area (Å²) < 4.78 is 5.38. The Morgan fingerprint density at radius 2 is 1.80 bits per heavy atom. The largest absolute Gasteiger partial charge is 0.444 e. The highest BCUT2D eigenvalue weighted by Crippen LogP contribution is 2.19. The van der Waals surface area contributed by atoms with E-state index in [1.807, 2.05) is 20.8 Å². The first-order valence-corrected chi connectivity index (χ1v) is 8.15. The molecule has 0 spiro atoms. The summed E-state index contributed by atoms with van der Waals surface area (Å²) in [6, 6.07) is 0.584. The average Bonchev–Trinajstić information content (AvgIpc) is 2.53. The van der Waals surface area contributed by atoms with Crippen molar-refractivity contribution in [2.24, 2.45) is 0 Å². The van der Waals surface area contributed by atoms with E-state index < -0.39 is 5.60 Å². The van der Waals surface area contributed by atoms with Crippen molar-refractivity contribution in [1.29, 1.82) is 0 Å². The van der Waals surface area contributed by atoms with Crippen molar-refractivity contribution in [3.8, 4) is 0 Å². The molecule has 4 heteroatoms. The van der Waals surface area contributed by atoms with E-state index in [1.165, 1.54) is 32.1 Å². The molecule has 0 aliphatic heterocycles. The number of rotatable bonds is 5. The number of ether oxygens (including phenoxy) is 1. The predicted octanol–water partition coefficient (Wildman–Crippen LogP) is 3.60. The van der Waals surface area contributed by atoms with Gasteiger partial charge >= 0.3 is 6.09 Å². The average molecular weight is 284 g/mol. The van der Waals surface area contributed by atoms with Crippen LogP contribution in [0.4, 0.5) is 4.79 Å². The van der Waals surface area contributed by atoms with Gasteiger partial charge < -0.3 is 15.4 Å². The van der Waals surface area contributed by atoms with Gasteiger partial charge in [-0.3, -0.25) is 0 Å². The number of carbonyl (C=O) groups is 1. The van der Waals surface area contributed by atoms with Crippen molar-refractivity contribution < 1.29 is 9.53 Å². The van der Waals surface area contributed by atoms with Crippen LogP contribution in [0, 0.1) is 0 Å². The lowest BCUT2D eigenvalue weighted by molar-refractivity contribution is 0.0489. The molecule has 2 atom stereocenters. The lowest BCUT2D eigenvalue weighted by atomic mass is 10.0. The summed E-state index contributed by atoms with van der Waals surface area (Å²) in [5, 5.41) is 6.68. The molecule has 0 saturated heterocycles. The van der Waals surface area contributed by atoms with E-state index in [-0.39, 0.29) is 12.1 Å². The maximum absolute atomic E-state index is 12.0. The minimum atomic E-state index is -0.431. The number of unbranched alkanes of at least 4 members (excludes halogenated alkanes) is 1. The Labute approximate surface area is 124 Å². The molecule has 0 bridgehead atoms. The van der Waals surface area contributed by atoms with Crippen LogP contribution in [-0.4, -0.2) is 30.3 Å². The molecule has 1 saturated carbocycles. The number of hydrogen-bond acceptors (Lipinski definition) is 3. The van der Waals surface area contributed by atoms with Crippen LogP contribution in [0.15, 0.2) is 0 Å². The van der Waals surface area contributed by atoms with Gasteiger partial charge in [-0.15, -0.1) is 0 Å². The lowest BCUT2D eigenvalue weighted by Gasteiger charge is -2.29. The Morgan fingerprint density at radius 3 is 2.40 bits per heavy atom. The number of nitrogens with one attached hydrogen (secondary N) is 2. The van der Waals surface area contributed by atoms with Gasteiger partial charge in [-0.2, -0.15) is 0 Å². The van der Waals surface area contributed by atoms with Crippen molar-refractivity contribution in [2.75, 3.05) is 6.54 Å². The number of alkyl carbamates (subject to hydrolysis) is 1. The lowest BCUT2D eigenvalue weighted by Crippen LogP contribution is -2.50. The van der Waals surface area contributed by atoms with Gasteiger partial charge in [0.25, 0.3) is 0 Å². The highest BCUT2D eigenvalue weighted by Gasteiger charge is 2.26. The minimum Gasteiger partial charge on any atom is -0.444 e. The first kappa shape index (κ1) is 17.3. The third-order valence-electron chi connectivity index (χ3n) is 3.65. The topological polar surface area (TPSA) is 50.4 Å². The molecular formula is C16H32N2O2. The maximum atomic E-state index is 12.0. The Hall–Kier alpha value is -0.770. The summed E-state index contributed by atoms with van der Waals surface area (Å²) in [7, 11) is 0. The highest BCUT2D eigenvalue weighted by atomic mass is 16.6. The first-order chi connectivity index (χ1) is 9.42. The summed E-state index contributed by atoms with van der Waals surface area (Å²) in [5.74, 6) is 0. The highest BCUT2D eigenvalue weighted by molar-refractivity contribution is 5.68. The standard InChI is InChI=1S/C16H32N2O2/c1-5-6-12-17-13-10-8-7-9-11-14(13)18-15(19)20-16(2,3)4/h13-14,17H,5-12H2,1-4H3,(H,18,19).